The molecular weight excluding hydrogens is 356 g/mol. The number of rotatable bonds is 6. The van der Waals surface area contributed by atoms with Gasteiger partial charge in [0.15, 0.2) is 5.96 Å². The van der Waals surface area contributed by atoms with Gasteiger partial charge in [0.2, 0.25) is 10.0 Å². The molecule has 2 rings (SSSR count). The third-order valence-corrected chi connectivity index (χ3v) is 6.62. The lowest BCUT2D eigenvalue weighted by molar-refractivity contribution is 0.520. The van der Waals surface area contributed by atoms with Gasteiger partial charge in [0.25, 0.3) is 0 Å². The molecular formula is C17H24N4O2S2. The Morgan fingerprint density at radius 3 is 2.28 bits per heavy atom. The smallest absolute Gasteiger partial charge is 0.242 e. The molecule has 6 nitrogen and oxygen atoms in total. The van der Waals surface area contributed by atoms with E-state index in [1.54, 1.807) is 42.6 Å². The highest BCUT2D eigenvalue weighted by atomic mass is 32.2. The van der Waals surface area contributed by atoms with Crippen LogP contribution in [0.3, 0.4) is 0 Å². The summed E-state index contributed by atoms with van der Waals surface area (Å²) < 4.78 is 25.3. The number of hydrogen-bond donors (Lipinski definition) is 2. The molecule has 2 N–H and O–H groups in total. The van der Waals surface area contributed by atoms with Gasteiger partial charge in [0.1, 0.15) is 0 Å². The van der Waals surface area contributed by atoms with Crippen LogP contribution in [-0.2, 0) is 23.1 Å². The van der Waals surface area contributed by atoms with Crippen LogP contribution in [-0.4, -0.2) is 39.8 Å². The molecule has 0 radical (unpaired) electrons. The van der Waals surface area contributed by atoms with E-state index in [0.717, 1.165) is 12.1 Å². The average molecular weight is 381 g/mol. The van der Waals surface area contributed by atoms with Gasteiger partial charge < -0.3 is 10.6 Å². The predicted molar refractivity (Wildman–Crippen MR) is 103 cm³/mol. The van der Waals surface area contributed by atoms with Crippen molar-refractivity contribution in [3.63, 3.8) is 0 Å². The third kappa shape index (κ3) is 5.04. The topological polar surface area (TPSA) is 73.8 Å². The van der Waals surface area contributed by atoms with Gasteiger partial charge in [-0.3, -0.25) is 4.99 Å². The molecule has 0 aliphatic rings. The number of aliphatic imine (C=N–C) groups is 1. The summed E-state index contributed by atoms with van der Waals surface area (Å²) in [5.41, 5.74) is 2.25. The number of guanidine groups is 1. The minimum Gasteiger partial charge on any atom is -0.352 e. The van der Waals surface area contributed by atoms with Crippen molar-refractivity contribution >= 4 is 27.3 Å². The first-order chi connectivity index (χ1) is 11.8. The van der Waals surface area contributed by atoms with Crippen LogP contribution in [0.1, 0.15) is 16.0 Å². The molecule has 0 aliphatic carbocycles. The van der Waals surface area contributed by atoms with Gasteiger partial charge >= 0.3 is 0 Å². The SMILES string of the molecule is CN=C(NCc1ccc(S(=O)(=O)N(C)C)cc1)NCc1sccc1C. The van der Waals surface area contributed by atoms with Crippen molar-refractivity contribution in [2.24, 2.45) is 4.99 Å². The van der Waals surface area contributed by atoms with Crippen LogP contribution in [0.2, 0.25) is 0 Å². The minimum atomic E-state index is -3.39. The van der Waals surface area contributed by atoms with E-state index in [2.05, 4.69) is 34.0 Å². The maximum Gasteiger partial charge on any atom is 0.242 e. The second kappa shape index (κ2) is 8.46. The van der Waals surface area contributed by atoms with E-state index in [1.807, 2.05) is 0 Å². The summed E-state index contributed by atoms with van der Waals surface area (Å²) in [6.45, 7) is 3.38. The molecule has 1 aromatic heterocycles. The van der Waals surface area contributed by atoms with E-state index >= 15 is 0 Å². The summed E-state index contributed by atoms with van der Waals surface area (Å²) in [6, 6.07) is 8.95. The fourth-order valence-corrected chi connectivity index (χ4v) is 3.89. The molecule has 0 atom stereocenters. The van der Waals surface area contributed by atoms with E-state index in [1.165, 1.54) is 28.8 Å². The van der Waals surface area contributed by atoms with Gasteiger partial charge in [-0.2, -0.15) is 0 Å². The van der Waals surface area contributed by atoms with E-state index in [4.69, 9.17) is 0 Å². The molecule has 0 saturated heterocycles. The Kier molecular flexibility index (Phi) is 6.57. The first kappa shape index (κ1) is 19.4. The molecule has 0 aliphatic heterocycles. The fourth-order valence-electron chi connectivity index (χ4n) is 2.15. The Bertz CT molecular complexity index is 825. The Hall–Kier alpha value is -1.90. The molecule has 8 heteroatoms. The molecule has 0 amide bonds. The van der Waals surface area contributed by atoms with Gasteiger partial charge in [-0.25, -0.2) is 12.7 Å². The van der Waals surface area contributed by atoms with Crippen molar-refractivity contribution in [1.29, 1.82) is 0 Å². The molecule has 1 heterocycles. The van der Waals surface area contributed by atoms with Crippen molar-refractivity contribution in [3.05, 3.63) is 51.7 Å². The van der Waals surface area contributed by atoms with Crippen LogP contribution in [0.25, 0.3) is 0 Å². The van der Waals surface area contributed by atoms with Crippen LogP contribution in [0.4, 0.5) is 0 Å². The minimum absolute atomic E-state index is 0.289. The van der Waals surface area contributed by atoms with Crippen molar-refractivity contribution in [3.8, 4) is 0 Å². The van der Waals surface area contributed by atoms with Crippen LogP contribution in [0.15, 0.2) is 45.6 Å². The second-order valence-corrected chi connectivity index (χ2v) is 8.89. The van der Waals surface area contributed by atoms with Crippen LogP contribution < -0.4 is 10.6 Å². The van der Waals surface area contributed by atoms with Gasteiger partial charge in [-0.15, -0.1) is 11.3 Å². The number of sulfonamides is 1. The highest BCUT2D eigenvalue weighted by Crippen LogP contribution is 2.15. The Balaban J connectivity index is 1.92. The predicted octanol–water partition coefficient (Wildman–Crippen LogP) is 2.17. The highest BCUT2D eigenvalue weighted by Gasteiger charge is 2.16. The third-order valence-electron chi connectivity index (χ3n) is 3.77. The van der Waals surface area contributed by atoms with Crippen LogP contribution in [0.5, 0.6) is 0 Å². The summed E-state index contributed by atoms with van der Waals surface area (Å²) in [6.07, 6.45) is 0. The van der Waals surface area contributed by atoms with Crippen LogP contribution in [0, 0.1) is 6.92 Å². The zero-order valence-corrected chi connectivity index (χ0v) is 16.5. The van der Waals surface area contributed by atoms with E-state index in [9.17, 15) is 8.42 Å². The summed E-state index contributed by atoms with van der Waals surface area (Å²) >= 11 is 1.72. The number of nitrogens with one attached hydrogen (secondary N) is 2. The maximum atomic E-state index is 12.1. The fraction of sp³-hybridized carbons (Fsp3) is 0.353. The zero-order chi connectivity index (χ0) is 18.4. The Morgan fingerprint density at radius 1 is 1.12 bits per heavy atom. The van der Waals surface area contributed by atoms with E-state index < -0.39 is 10.0 Å². The first-order valence-electron chi connectivity index (χ1n) is 7.83. The molecule has 25 heavy (non-hydrogen) atoms. The lowest BCUT2D eigenvalue weighted by Gasteiger charge is -2.13. The van der Waals surface area contributed by atoms with Crippen molar-refractivity contribution in [2.75, 3.05) is 21.1 Å². The van der Waals surface area contributed by atoms with Gasteiger partial charge in [0, 0.05) is 32.6 Å². The summed E-state index contributed by atoms with van der Waals surface area (Å²) in [5, 5.41) is 8.59. The lowest BCUT2D eigenvalue weighted by atomic mass is 10.2. The lowest BCUT2D eigenvalue weighted by Crippen LogP contribution is -2.36. The molecule has 2 aromatic rings. The number of aryl methyl sites for hydroxylation is 1. The van der Waals surface area contributed by atoms with Gasteiger partial charge in [-0.1, -0.05) is 12.1 Å². The molecule has 0 spiro atoms. The van der Waals surface area contributed by atoms with Crippen LogP contribution >= 0.6 is 11.3 Å². The molecule has 136 valence electrons. The average Bonchev–Trinajstić information content (AvgIpc) is 3.00. The second-order valence-electron chi connectivity index (χ2n) is 5.74. The Morgan fingerprint density at radius 2 is 1.76 bits per heavy atom. The quantitative estimate of drug-likeness (QED) is 0.595. The van der Waals surface area contributed by atoms with Crippen molar-refractivity contribution in [2.45, 2.75) is 24.9 Å². The summed E-state index contributed by atoms with van der Waals surface area (Å²) in [4.78, 5) is 5.78. The molecule has 0 saturated carbocycles. The number of benzene rings is 1. The first-order valence-corrected chi connectivity index (χ1v) is 10.2. The molecule has 1 aromatic carbocycles. The number of hydrogen-bond acceptors (Lipinski definition) is 4. The van der Waals surface area contributed by atoms with Gasteiger partial charge in [0.05, 0.1) is 11.4 Å². The highest BCUT2D eigenvalue weighted by molar-refractivity contribution is 7.89. The summed E-state index contributed by atoms with van der Waals surface area (Å²) in [7, 11) is 1.38. The number of nitrogens with zero attached hydrogens (tertiary/aromatic N) is 2. The Labute approximate surface area is 153 Å². The molecule has 0 unspecified atom stereocenters. The molecule has 0 fully saturated rings. The van der Waals surface area contributed by atoms with Gasteiger partial charge in [-0.05, 0) is 41.6 Å². The maximum absolute atomic E-state index is 12.1. The zero-order valence-electron chi connectivity index (χ0n) is 14.9. The summed E-state index contributed by atoms with van der Waals surface area (Å²) in [5.74, 6) is 0.706. The monoisotopic (exact) mass is 380 g/mol. The number of thiophene rings is 1. The normalized spacial score (nSPS) is 12.4. The van der Waals surface area contributed by atoms with Crippen molar-refractivity contribution < 1.29 is 8.42 Å². The van der Waals surface area contributed by atoms with E-state index in [-0.39, 0.29) is 4.90 Å². The largest absolute Gasteiger partial charge is 0.352 e. The standard InChI is InChI=1S/C17H24N4O2S2/c1-13-9-10-24-16(13)12-20-17(18-2)19-11-14-5-7-15(8-6-14)25(22,23)21(3)4/h5-10H,11-12H2,1-4H3,(H2,18,19,20). The van der Waals surface area contributed by atoms with Crippen molar-refractivity contribution in [1.82, 2.24) is 14.9 Å². The molecule has 0 bridgehead atoms. The van der Waals surface area contributed by atoms with E-state index in [0.29, 0.717) is 12.5 Å².